The normalized spacial score (nSPS) is 12.5. The minimum absolute atomic E-state index is 0.0669. The van der Waals surface area contributed by atoms with E-state index >= 15 is 0 Å². The molecule has 1 rings (SSSR count). The molecule has 0 bridgehead atoms. The van der Waals surface area contributed by atoms with Crippen LogP contribution in [0.3, 0.4) is 0 Å². The van der Waals surface area contributed by atoms with Gasteiger partial charge in [0.2, 0.25) is 0 Å². The smallest absolute Gasteiger partial charge is 0.161 e. The van der Waals surface area contributed by atoms with Crippen LogP contribution in [-0.2, 0) is 0 Å². The molecule has 0 saturated carbocycles. The van der Waals surface area contributed by atoms with E-state index in [4.69, 9.17) is 15.2 Å². The Balaban J connectivity index is 2.81. The van der Waals surface area contributed by atoms with Gasteiger partial charge >= 0.3 is 0 Å². The van der Waals surface area contributed by atoms with Crippen LogP contribution in [-0.4, -0.2) is 13.2 Å². The SMILES string of the molecule is CCOc1ccc(C(N)CCC(C)C)cc1OCC. The molecule has 1 unspecified atom stereocenters. The molecule has 0 aromatic heterocycles. The lowest BCUT2D eigenvalue weighted by molar-refractivity contribution is 0.287. The maximum Gasteiger partial charge on any atom is 0.161 e. The van der Waals surface area contributed by atoms with Gasteiger partial charge in [-0.15, -0.1) is 0 Å². The van der Waals surface area contributed by atoms with Crippen LogP contribution in [0.5, 0.6) is 11.5 Å². The van der Waals surface area contributed by atoms with Crippen molar-refractivity contribution in [2.45, 2.75) is 46.6 Å². The lowest BCUT2D eigenvalue weighted by Crippen LogP contribution is -2.11. The molecule has 0 aliphatic carbocycles. The molecule has 0 fully saturated rings. The van der Waals surface area contributed by atoms with E-state index < -0.39 is 0 Å². The van der Waals surface area contributed by atoms with Gasteiger partial charge < -0.3 is 15.2 Å². The Labute approximate surface area is 117 Å². The summed E-state index contributed by atoms with van der Waals surface area (Å²) >= 11 is 0. The third kappa shape index (κ3) is 5.11. The van der Waals surface area contributed by atoms with Gasteiger partial charge in [-0.25, -0.2) is 0 Å². The van der Waals surface area contributed by atoms with Crippen molar-refractivity contribution >= 4 is 0 Å². The van der Waals surface area contributed by atoms with Gasteiger partial charge in [0.25, 0.3) is 0 Å². The van der Waals surface area contributed by atoms with Crippen molar-refractivity contribution in [1.82, 2.24) is 0 Å². The summed E-state index contributed by atoms with van der Waals surface area (Å²) in [6.07, 6.45) is 2.13. The standard InChI is InChI=1S/C16H27NO2/c1-5-18-15-10-8-13(11-16(15)19-6-2)14(17)9-7-12(3)4/h8,10-12,14H,5-7,9,17H2,1-4H3. The fraction of sp³-hybridized carbons (Fsp3) is 0.625. The molecule has 0 aliphatic rings. The molecule has 1 atom stereocenters. The zero-order valence-electron chi connectivity index (χ0n) is 12.6. The molecule has 0 aliphatic heterocycles. The van der Waals surface area contributed by atoms with Gasteiger partial charge in [0.15, 0.2) is 11.5 Å². The van der Waals surface area contributed by atoms with Gasteiger partial charge in [-0.1, -0.05) is 19.9 Å². The Morgan fingerprint density at radius 1 is 1.00 bits per heavy atom. The maximum absolute atomic E-state index is 6.24. The Morgan fingerprint density at radius 2 is 1.63 bits per heavy atom. The van der Waals surface area contributed by atoms with Gasteiger partial charge in [0.05, 0.1) is 13.2 Å². The Bertz CT molecular complexity index is 377. The first-order valence-electron chi connectivity index (χ1n) is 7.23. The molecule has 0 radical (unpaired) electrons. The van der Waals surface area contributed by atoms with Crippen molar-refractivity contribution in [2.24, 2.45) is 11.7 Å². The number of hydrogen-bond donors (Lipinski definition) is 1. The highest BCUT2D eigenvalue weighted by Gasteiger charge is 2.11. The second-order valence-electron chi connectivity index (χ2n) is 5.15. The van der Waals surface area contributed by atoms with Crippen LogP contribution in [0.25, 0.3) is 0 Å². The number of hydrogen-bond acceptors (Lipinski definition) is 3. The van der Waals surface area contributed by atoms with Crippen molar-refractivity contribution in [3.63, 3.8) is 0 Å². The first-order chi connectivity index (χ1) is 9.08. The quantitative estimate of drug-likeness (QED) is 0.774. The largest absolute Gasteiger partial charge is 0.490 e. The summed E-state index contributed by atoms with van der Waals surface area (Å²) < 4.78 is 11.2. The van der Waals surface area contributed by atoms with Crippen molar-refractivity contribution in [1.29, 1.82) is 0 Å². The number of rotatable bonds is 8. The Kier molecular flexibility index (Phi) is 6.71. The topological polar surface area (TPSA) is 44.5 Å². The summed E-state index contributed by atoms with van der Waals surface area (Å²) in [5, 5.41) is 0. The average molecular weight is 265 g/mol. The van der Waals surface area contributed by atoms with Crippen LogP contribution in [0, 0.1) is 5.92 Å². The van der Waals surface area contributed by atoms with Crippen molar-refractivity contribution in [2.75, 3.05) is 13.2 Å². The highest BCUT2D eigenvalue weighted by molar-refractivity contribution is 5.43. The second-order valence-corrected chi connectivity index (χ2v) is 5.15. The summed E-state index contributed by atoms with van der Waals surface area (Å²) in [7, 11) is 0. The van der Waals surface area contributed by atoms with E-state index in [-0.39, 0.29) is 6.04 Å². The third-order valence-electron chi connectivity index (χ3n) is 3.05. The van der Waals surface area contributed by atoms with Crippen molar-refractivity contribution in [3.8, 4) is 11.5 Å². The summed E-state index contributed by atoms with van der Waals surface area (Å²) in [5.74, 6) is 2.27. The Morgan fingerprint density at radius 3 is 2.21 bits per heavy atom. The minimum atomic E-state index is 0.0669. The third-order valence-corrected chi connectivity index (χ3v) is 3.05. The maximum atomic E-state index is 6.24. The van der Waals surface area contributed by atoms with E-state index in [1.165, 1.54) is 0 Å². The van der Waals surface area contributed by atoms with Crippen molar-refractivity contribution in [3.05, 3.63) is 23.8 Å². The minimum Gasteiger partial charge on any atom is -0.490 e. The zero-order chi connectivity index (χ0) is 14.3. The molecule has 2 N–H and O–H groups in total. The van der Waals surface area contributed by atoms with Gasteiger partial charge in [0, 0.05) is 6.04 Å². The van der Waals surface area contributed by atoms with Crippen LogP contribution in [0.2, 0.25) is 0 Å². The molecular weight excluding hydrogens is 238 g/mol. The van der Waals surface area contributed by atoms with E-state index in [1.54, 1.807) is 0 Å². The predicted octanol–water partition coefficient (Wildman–Crippen LogP) is 3.92. The van der Waals surface area contributed by atoms with Crippen LogP contribution >= 0.6 is 0 Å². The first-order valence-corrected chi connectivity index (χ1v) is 7.23. The zero-order valence-corrected chi connectivity index (χ0v) is 12.6. The summed E-state index contributed by atoms with van der Waals surface area (Å²) in [5.41, 5.74) is 7.35. The van der Waals surface area contributed by atoms with Gasteiger partial charge in [-0.2, -0.15) is 0 Å². The van der Waals surface area contributed by atoms with E-state index in [2.05, 4.69) is 13.8 Å². The summed E-state index contributed by atoms with van der Waals surface area (Å²) in [6.45, 7) is 9.65. The molecule has 0 saturated heterocycles. The molecule has 0 heterocycles. The second kappa shape index (κ2) is 8.05. The van der Waals surface area contributed by atoms with Crippen LogP contribution < -0.4 is 15.2 Å². The molecule has 0 spiro atoms. The molecule has 3 nitrogen and oxygen atoms in total. The van der Waals surface area contributed by atoms with Crippen LogP contribution in [0.1, 0.15) is 52.1 Å². The molecule has 3 heteroatoms. The lowest BCUT2D eigenvalue weighted by atomic mass is 9.98. The van der Waals surface area contributed by atoms with E-state index in [0.717, 1.165) is 29.9 Å². The summed E-state index contributed by atoms with van der Waals surface area (Å²) in [6, 6.07) is 6.08. The number of ether oxygens (including phenoxy) is 2. The van der Waals surface area contributed by atoms with E-state index in [0.29, 0.717) is 19.1 Å². The van der Waals surface area contributed by atoms with Crippen LogP contribution in [0.15, 0.2) is 18.2 Å². The molecular formula is C16H27NO2. The van der Waals surface area contributed by atoms with Gasteiger partial charge in [0.1, 0.15) is 0 Å². The van der Waals surface area contributed by atoms with Crippen molar-refractivity contribution < 1.29 is 9.47 Å². The highest BCUT2D eigenvalue weighted by Crippen LogP contribution is 2.31. The monoisotopic (exact) mass is 265 g/mol. The predicted molar refractivity (Wildman–Crippen MR) is 79.8 cm³/mol. The molecule has 19 heavy (non-hydrogen) atoms. The molecule has 0 amide bonds. The molecule has 108 valence electrons. The molecule has 1 aromatic carbocycles. The average Bonchev–Trinajstić information content (AvgIpc) is 2.38. The highest BCUT2D eigenvalue weighted by atomic mass is 16.5. The number of benzene rings is 1. The first kappa shape index (κ1) is 15.8. The Hall–Kier alpha value is -1.22. The van der Waals surface area contributed by atoms with Gasteiger partial charge in [-0.3, -0.25) is 0 Å². The fourth-order valence-corrected chi connectivity index (χ4v) is 1.98. The van der Waals surface area contributed by atoms with E-state index in [1.807, 2.05) is 32.0 Å². The van der Waals surface area contributed by atoms with Crippen LogP contribution in [0.4, 0.5) is 0 Å². The molecule has 1 aromatic rings. The number of nitrogens with two attached hydrogens (primary N) is 1. The van der Waals surface area contributed by atoms with E-state index in [9.17, 15) is 0 Å². The fourth-order valence-electron chi connectivity index (χ4n) is 1.98. The van der Waals surface area contributed by atoms with Gasteiger partial charge in [-0.05, 0) is 50.3 Å². The lowest BCUT2D eigenvalue weighted by Gasteiger charge is -2.17. The summed E-state index contributed by atoms with van der Waals surface area (Å²) in [4.78, 5) is 0.